The van der Waals surface area contributed by atoms with Crippen LogP contribution in [0.15, 0.2) is 53.7 Å². The number of aryl methyl sites for hydroxylation is 1. The van der Waals surface area contributed by atoms with Gasteiger partial charge >= 0.3 is 0 Å². The maximum Gasteiger partial charge on any atom is 0.243 e. The summed E-state index contributed by atoms with van der Waals surface area (Å²) in [7, 11) is -3.54. The van der Waals surface area contributed by atoms with E-state index in [2.05, 4.69) is 24.1 Å². The van der Waals surface area contributed by atoms with Crippen molar-refractivity contribution in [3.63, 3.8) is 0 Å². The Morgan fingerprint density at radius 3 is 2.65 bits per heavy atom. The van der Waals surface area contributed by atoms with E-state index in [1.54, 1.807) is 28.8 Å². The van der Waals surface area contributed by atoms with Crippen molar-refractivity contribution < 1.29 is 8.42 Å². The van der Waals surface area contributed by atoms with E-state index in [1.807, 2.05) is 24.3 Å². The predicted molar refractivity (Wildman–Crippen MR) is 103 cm³/mol. The highest BCUT2D eigenvalue weighted by Crippen LogP contribution is 2.28. The molecule has 1 aliphatic heterocycles. The topological polar surface area (TPSA) is 62.3 Å². The normalized spacial score (nSPS) is 19.0. The Morgan fingerprint density at radius 2 is 2.00 bits per heavy atom. The van der Waals surface area contributed by atoms with Crippen LogP contribution in [0, 0.1) is 5.92 Å². The lowest BCUT2D eigenvalue weighted by Gasteiger charge is -2.35. The second kappa shape index (κ2) is 8.29. The molecule has 2 heterocycles. The van der Waals surface area contributed by atoms with Crippen molar-refractivity contribution in [3.8, 4) is 0 Å². The third kappa shape index (κ3) is 4.31. The van der Waals surface area contributed by atoms with Gasteiger partial charge < -0.3 is 5.32 Å². The molecule has 0 spiro atoms. The van der Waals surface area contributed by atoms with Crippen molar-refractivity contribution in [2.45, 2.75) is 37.6 Å². The lowest BCUT2D eigenvalue weighted by Crippen LogP contribution is -2.48. The van der Waals surface area contributed by atoms with Crippen molar-refractivity contribution in [2.75, 3.05) is 19.6 Å². The van der Waals surface area contributed by atoms with Gasteiger partial charge in [-0.25, -0.2) is 8.42 Å². The molecule has 1 N–H and O–H groups in total. The molecule has 1 saturated heterocycles. The molecule has 1 aromatic heterocycles. The number of rotatable bonds is 6. The largest absolute Gasteiger partial charge is 0.313 e. The molecule has 0 bridgehead atoms. The van der Waals surface area contributed by atoms with Crippen molar-refractivity contribution >= 4 is 10.0 Å². The van der Waals surface area contributed by atoms with E-state index in [0.717, 1.165) is 18.4 Å². The maximum atomic E-state index is 13.2. The van der Waals surface area contributed by atoms with Crippen LogP contribution in [0.25, 0.3) is 0 Å². The van der Waals surface area contributed by atoms with Gasteiger partial charge in [0.15, 0.2) is 0 Å². The van der Waals surface area contributed by atoms with Crippen molar-refractivity contribution in [1.82, 2.24) is 14.6 Å². The Labute approximate surface area is 156 Å². The van der Waals surface area contributed by atoms with E-state index in [9.17, 15) is 8.42 Å². The molecular weight excluding hydrogens is 346 g/mol. The van der Waals surface area contributed by atoms with Crippen molar-refractivity contribution in [1.29, 1.82) is 0 Å². The van der Waals surface area contributed by atoms with E-state index >= 15 is 0 Å². The fraction of sp³-hybridized carbons (Fsp3) is 0.450. The van der Waals surface area contributed by atoms with E-state index in [-0.39, 0.29) is 6.04 Å². The molecule has 1 atom stereocenters. The van der Waals surface area contributed by atoms with Crippen LogP contribution in [0.5, 0.6) is 0 Å². The summed E-state index contributed by atoms with van der Waals surface area (Å²) in [5.74, 6) is 0.638. The van der Waals surface area contributed by atoms with Crippen LogP contribution in [-0.4, -0.2) is 37.3 Å². The minimum absolute atomic E-state index is 0.233. The van der Waals surface area contributed by atoms with Gasteiger partial charge in [-0.1, -0.05) is 32.0 Å². The van der Waals surface area contributed by atoms with E-state index in [0.29, 0.717) is 30.4 Å². The Kier molecular flexibility index (Phi) is 6.06. The van der Waals surface area contributed by atoms with Crippen LogP contribution in [-0.2, 0) is 16.4 Å². The molecular formula is C20H27N3O2S. The number of hydrogen-bond donors (Lipinski definition) is 1. The van der Waals surface area contributed by atoms with Gasteiger partial charge in [0.1, 0.15) is 0 Å². The van der Waals surface area contributed by atoms with Crippen LogP contribution in [0.2, 0.25) is 0 Å². The summed E-state index contributed by atoms with van der Waals surface area (Å²) in [6, 6.07) is 10.9. The lowest BCUT2D eigenvalue weighted by atomic mass is 10.0. The zero-order valence-corrected chi connectivity index (χ0v) is 16.2. The molecule has 1 unspecified atom stereocenters. The van der Waals surface area contributed by atoms with Crippen molar-refractivity contribution in [3.05, 3.63) is 59.9 Å². The summed E-state index contributed by atoms with van der Waals surface area (Å²) < 4.78 is 28.1. The summed E-state index contributed by atoms with van der Waals surface area (Å²) in [6.07, 6.45) is 5.53. The molecule has 1 fully saturated rings. The van der Waals surface area contributed by atoms with Gasteiger partial charge in [-0.05, 0) is 48.1 Å². The third-order valence-corrected chi connectivity index (χ3v) is 6.73. The number of sulfonamides is 1. The molecule has 26 heavy (non-hydrogen) atoms. The summed E-state index contributed by atoms with van der Waals surface area (Å²) in [6.45, 7) is 6.10. The molecule has 5 nitrogen and oxygen atoms in total. The first-order chi connectivity index (χ1) is 12.5. The number of nitrogens with one attached hydrogen (secondary N) is 1. The molecule has 2 aromatic rings. The average molecular weight is 374 g/mol. The number of hydrogen-bond acceptors (Lipinski definition) is 4. The van der Waals surface area contributed by atoms with Gasteiger partial charge in [0.25, 0.3) is 0 Å². The second-order valence-corrected chi connectivity index (χ2v) is 9.09. The van der Waals surface area contributed by atoms with Crippen LogP contribution >= 0.6 is 0 Å². The van der Waals surface area contributed by atoms with Gasteiger partial charge in [-0.3, -0.25) is 4.98 Å². The van der Waals surface area contributed by atoms with Crippen LogP contribution in [0.3, 0.4) is 0 Å². The lowest BCUT2D eigenvalue weighted by molar-refractivity contribution is 0.271. The first-order valence-corrected chi connectivity index (χ1v) is 10.6. The van der Waals surface area contributed by atoms with Gasteiger partial charge in [0.2, 0.25) is 10.0 Å². The summed E-state index contributed by atoms with van der Waals surface area (Å²) >= 11 is 0. The average Bonchev–Trinajstić information content (AvgIpc) is 2.67. The number of nitrogens with zero attached hydrogens (tertiary/aromatic N) is 2. The molecule has 0 aliphatic carbocycles. The molecule has 0 amide bonds. The zero-order valence-electron chi connectivity index (χ0n) is 15.4. The smallest absolute Gasteiger partial charge is 0.243 e. The second-order valence-electron chi connectivity index (χ2n) is 7.20. The number of aromatic nitrogens is 1. The van der Waals surface area contributed by atoms with Crippen LogP contribution < -0.4 is 5.32 Å². The predicted octanol–water partition coefficient (Wildman–Crippen LogP) is 3.01. The number of piperazine rings is 1. The Bertz CT molecular complexity index is 805. The highest BCUT2D eigenvalue weighted by atomic mass is 32.2. The monoisotopic (exact) mass is 373 g/mol. The number of benzene rings is 1. The molecule has 0 saturated carbocycles. The first kappa shape index (κ1) is 19.0. The first-order valence-electron chi connectivity index (χ1n) is 9.20. The fourth-order valence-corrected chi connectivity index (χ4v) is 4.86. The Balaban J connectivity index is 1.83. The number of pyridine rings is 1. The van der Waals surface area contributed by atoms with Gasteiger partial charge in [0, 0.05) is 32.0 Å². The fourth-order valence-electron chi connectivity index (χ4n) is 3.25. The SMILES string of the molecule is CC(C)CCc1ccc(S(=O)(=O)N2CCNCC2c2cccnc2)cc1. The van der Waals surface area contributed by atoms with E-state index < -0.39 is 10.0 Å². The quantitative estimate of drug-likeness (QED) is 0.845. The summed E-state index contributed by atoms with van der Waals surface area (Å²) in [4.78, 5) is 4.51. The highest BCUT2D eigenvalue weighted by molar-refractivity contribution is 7.89. The Hall–Kier alpha value is -1.76. The maximum absolute atomic E-state index is 13.2. The van der Waals surface area contributed by atoms with Gasteiger partial charge in [-0.2, -0.15) is 4.31 Å². The van der Waals surface area contributed by atoms with Gasteiger partial charge in [0.05, 0.1) is 10.9 Å². The third-order valence-electron chi connectivity index (χ3n) is 4.80. The molecule has 1 aliphatic rings. The molecule has 0 radical (unpaired) electrons. The standard InChI is InChI=1S/C20H27N3O2S/c1-16(2)5-6-17-7-9-19(10-8-17)26(24,25)23-13-12-22-15-20(23)18-4-3-11-21-14-18/h3-4,7-11,14,16,20,22H,5-6,12-13,15H2,1-2H3. The minimum atomic E-state index is -3.54. The highest BCUT2D eigenvalue weighted by Gasteiger charge is 2.34. The van der Waals surface area contributed by atoms with E-state index in [1.165, 1.54) is 5.56 Å². The molecule has 140 valence electrons. The molecule has 3 rings (SSSR count). The molecule has 1 aromatic carbocycles. The van der Waals surface area contributed by atoms with Gasteiger partial charge in [-0.15, -0.1) is 0 Å². The zero-order chi connectivity index (χ0) is 18.6. The van der Waals surface area contributed by atoms with Crippen LogP contribution in [0.1, 0.15) is 37.4 Å². The Morgan fingerprint density at radius 1 is 1.23 bits per heavy atom. The van der Waals surface area contributed by atoms with Crippen molar-refractivity contribution in [2.24, 2.45) is 5.92 Å². The molecule has 6 heteroatoms. The van der Waals surface area contributed by atoms with E-state index in [4.69, 9.17) is 0 Å². The van der Waals surface area contributed by atoms with Crippen LogP contribution in [0.4, 0.5) is 0 Å². The summed E-state index contributed by atoms with van der Waals surface area (Å²) in [5, 5.41) is 3.29. The summed E-state index contributed by atoms with van der Waals surface area (Å²) in [5.41, 5.74) is 2.10. The minimum Gasteiger partial charge on any atom is -0.313 e.